The zero-order valence-corrected chi connectivity index (χ0v) is 8.68. The first kappa shape index (κ1) is 13.7. The van der Waals surface area contributed by atoms with Gasteiger partial charge >= 0.3 is 0 Å². The van der Waals surface area contributed by atoms with Gasteiger partial charge in [0.05, 0.1) is 0 Å². The van der Waals surface area contributed by atoms with Gasteiger partial charge in [0.1, 0.15) is 0 Å². The molecule has 0 aliphatic rings. The molecule has 3 heteroatoms. The fraction of sp³-hybridized carbons (Fsp3) is 0.778. The first-order chi connectivity index (χ1) is 5.63. The predicted octanol–water partition coefficient (Wildman–Crippen LogP) is 1.47. The molecular formula is C9H19NO2. The number of Topliss-reactive ketones (excluding diaryl/α,β-unsaturated/α-hetero) is 1. The van der Waals surface area contributed by atoms with Crippen LogP contribution in [0.4, 0.5) is 0 Å². The minimum atomic E-state index is -0.385. The molecule has 72 valence electrons. The van der Waals surface area contributed by atoms with E-state index in [9.17, 15) is 9.59 Å². The van der Waals surface area contributed by atoms with Gasteiger partial charge in [-0.05, 0) is 13.8 Å². The van der Waals surface area contributed by atoms with Crippen molar-refractivity contribution in [2.45, 2.75) is 34.6 Å². The Morgan fingerprint density at radius 3 is 1.50 bits per heavy atom. The van der Waals surface area contributed by atoms with E-state index in [1.807, 2.05) is 27.7 Å². The SMILES string of the molecule is CC.CCN(CC)C(=O)C(C)=O. The molecular weight excluding hydrogens is 154 g/mol. The summed E-state index contributed by atoms with van der Waals surface area (Å²) in [6.45, 7) is 10.2. The molecule has 0 heterocycles. The normalized spacial score (nSPS) is 8.08. The van der Waals surface area contributed by atoms with E-state index in [2.05, 4.69) is 0 Å². The Hall–Kier alpha value is -0.860. The van der Waals surface area contributed by atoms with Crippen molar-refractivity contribution in [2.75, 3.05) is 13.1 Å². The van der Waals surface area contributed by atoms with Gasteiger partial charge in [0.2, 0.25) is 5.78 Å². The minimum absolute atomic E-state index is 0.384. The monoisotopic (exact) mass is 173 g/mol. The fourth-order valence-corrected chi connectivity index (χ4v) is 0.733. The van der Waals surface area contributed by atoms with Gasteiger partial charge in [-0.3, -0.25) is 9.59 Å². The molecule has 0 unspecified atom stereocenters. The van der Waals surface area contributed by atoms with E-state index in [1.165, 1.54) is 11.8 Å². The van der Waals surface area contributed by atoms with Crippen LogP contribution in [0.5, 0.6) is 0 Å². The molecule has 3 nitrogen and oxygen atoms in total. The van der Waals surface area contributed by atoms with E-state index < -0.39 is 0 Å². The van der Waals surface area contributed by atoms with Gasteiger partial charge in [0.15, 0.2) is 0 Å². The number of nitrogens with zero attached hydrogens (tertiary/aromatic N) is 1. The van der Waals surface area contributed by atoms with Crippen LogP contribution in [0, 0.1) is 0 Å². The number of hydrogen-bond acceptors (Lipinski definition) is 2. The van der Waals surface area contributed by atoms with Crippen LogP contribution >= 0.6 is 0 Å². The Kier molecular flexibility index (Phi) is 9.41. The van der Waals surface area contributed by atoms with Crippen molar-refractivity contribution in [3.8, 4) is 0 Å². The summed E-state index contributed by atoms with van der Waals surface area (Å²) in [5, 5.41) is 0. The number of likely N-dealkylation sites (N-methyl/N-ethyl adjacent to an activating group) is 1. The Balaban J connectivity index is 0. The van der Waals surface area contributed by atoms with Crippen molar-refractivity contribution in [3.63, 3.8) is 0 Å². The molecule has 1 amide bonds. The van der Waals surface area contributed by atoms with Crippen molar-refractivity contribution in [1.82, 2.24) is 4.90 Å². The molecule has 0 saturated heterocycles. The zero-order valence-electron chi connectivity index (χ0n) is 8.68. The summed E-state index contributed by atoms with van der Waals surface area (Å²) in [4.78, 5) is 22.9. The van der Waals surface area contributed by atoms with Crippen LogP contribution in [0.15, 0.2) is 0 Å². The summed E-state index contributed by atoms with van der Waals surface area (Å²) >= 11 is 0. The van der Waals surface area contributed by atoms with E-state index in [0.29, 0.717) is 13.1 Å². The maximum Gasteiger partial charge on any atom is 0.289 e. The number of rotatable bonds is 3. The molecule has 0 aliphatic heterocycles. The van der Waals surface area contributed by atoms with Gasteiger partial charge in [-0.15, -0.1) is 0 Å². The smallest absolute Gasteiger partial charge is 0.289 e. The molecule has 0 atom stereocenters. The minimum Gasteiger partial charge on any atom is -0.337 e. The molecule has 0 rings (SSSR count). The summed E-state index contributed by atoms with van der Waals surface area (Å²) in [5.74, 6) is -0.770. The lowest BCUT2D eigenvalue weighted by Gasteiger charge is -2.15. The summed E-state index contributed by atoms with van der Waals surface area (Å²) in [6.07, 6.45) is 0. The first-order valence-electron chi connectivity index (χ1n) is 4.43. The van der Waals surface area contributed by atoms with Gasteiger partial charge in [0.25, 0.3) is 5.91 Å². The molecule has 0 aromatic heterocycles. The quantitative estimate of drug-likeness (QED) is 0.606. The molecule has 0 aromatic carbocycles. The molecule has 0 aromatic rings. The number of carbonyl (C=O) groups is 2. The van der Waals surface area contributed by atoms with Gasteiger partial charge in [-0.2, -0.15) is 0 Å². The summed E-state index contributed by atoms with van der Waals surface area (Å²) in [7, 11) is 0. The highest BCUT2D eigenvalue weighted by Crippen LogP contribution is 1.88. The largest absolute Gasteiger partial charge is 0.337 e. The lowest BCUT2D eigenvalue weighted by molar-refractivity contribution is -0.143. The molecule has 0 spiro atoms. The summed E-state index contributed by atoms with van der Waals surface area (Å²) < 4.78 is 0. The van der Waals surface area contributed by atoms with Crippen LogP contribution < -0.4 is 0 Å². The highest BCUT2D eigenvalue weighted by Gasteiger charge is 2.13. The number of amides is 1. The molecule has 12 heavy (non-hydrogen) atoms. The average Bonchev–Trinajstić information content (AvgIpc) is 2.10. The van der Waals surface area contributed by atoms with Crippen molar-refractivity contribution in [2.24, 2.45) is 0 Å². The number of ketones is 1. The Labute approximate surface area is 74.7 Å². The van der Waals surface area contributed by atoms with Gasteiger partial charge < -0.3 is 4.90 Å². The number of hydrogen-bond donors (Lipinski definition) is 0. The highest BCUT2D eigenvalue weighted by molar-refractivity contribution is 6.35. The van der Waals surface area contributed by atoms with Crippen molar-refractivity contribution < 1.29 is 9.59 Å². The van der Waals surface area contributed by atoms with Crippen LogP contribution in [0.3, 0.4) is 0 Å². The van der Waals surface area contributed by atoms with E-state index in [0.717, 1.165) is 0 Å². The summed E-state index contributed by atoms with van der Waals surface area (Å²) in [5.41, 5.74) is 0. The van der Waals surface area contributed by atoms with Crippen LogP contribution in [-0.4, -0.2) is 29.7 Å². The Morgan fingerprint density at radius 1 is 1.08 bits per heavy atom. The van der Waals surface area contributed by atoms with Crippen LogP contribution in [0.2, 0.25) is 0 Å². The van der Waals surface area contributed by atoms with Crippen molar-refractivity contribution in [3.05, 3.63) is 0 Å². The molecule has 0 N–H and O–H groups in total. The topological polar surface area (TPSA) is 37.4 Å². The van der Waals surface area contributed by atoms with Crippen LogP contribution in [0.25, 0.3) is 0 Å². The third-order valence-electron chi connectivity index (χ3n) is 1.35. The fourth-order valence-electron chi connectivity index (χ4n) is 0.733. The zero-order chi connectivity index (χ0) is 10.1. The van der Waals surface area contributed by atoms with Crippen LogP contribution in [-0.2, 0) is 9.59 Å². The maximum atomic E-state index is 10.9. The molecule has 0 fully saturated rings. The first-order valence-corrected chi connectivity index (χ1v) is 4.43. The number of carbonyl (C=O) groups excluding carboxylic acids is 2. The molecule has 0 bridgehead atoms. The average molecular weight is 173 g/mol. The molecule has 0 aliphatic carbocycles. The second kappa shape index (κ2) is 8.24. The van der Waals surface area contributed by atoms with E-state index in [1.54, 1.807) is 0 Å². The van der Waals surface area contributed by atoms with E-state index in [4.69, 9.17) is 0 Å². The summed E-state index contributed by atoms with van der Waals surface area (Å²) in [6, 6.07) is 0. The Bertz CT molecular complexity index is 139. The van der Waals surface area contributed by atoms with Crippen LogP contribution in [0.1, 0.15) is 34.6 Å². The van der Waals surface area contributed by atoms with Crippen molar-refractivity contribution >= 4 is 11.7 Å². The molecule has 0 radical (unpaired) electrons. The highest BCUT2D eigenvalue weighted by atomic mass is 16.2. The van der Waals surface area contributed by atoms with Gasteiger partial charge in [-0.25, -0.2) is 0 Å². The maximum absolute atomic E-state index is 10.9. The van der Waals surface area contributed by atoms with E-state index in [-0.39, 0.29) is 11.7 Å². The second-order valence-corrected chi connectivity index (χ2v) is 2.03. The third-order valence-corrected chi connectivity index (χ3v) is 1.35. The van der Waals surface area contributed by atoms with Gasteiger partial charge in [-0.1, -0.05) is 13.8 Å². The molecule has 0 saturated carbocycles. The lowest BCUT2D eigenvalue weighted by atomic mass is 10.3. The Morgan fingerprint density at radius 2 is 1.42 bits per heavy atom. The lowest BCUT2D eigenvalue weighted by Crippen LogP contribution is -2.34. The van der Waals surface area contributed by atoms with Crippen molar-refractivity contribution in [1.29, 1.82) is 0 Å². The second-order valence-electron chi connectivity index (χ2n) is 2.03. The predicted molar refractivity (Wildman–Crippen MR) is 50.0 cm³/mol. The standard InChI is InChI=1S/C7H13NO2.C2H6/c1-4-8(5-2)7(10)6(3)9;1-2/h4-5H2,1-3H3;1-2H3. The van der Waals surface area contributed by atoms with Gasteiger partial charge in [0, 0.05) is 20.0 Å². The third kappa shape index (κ3) is 4.88. The van der Waals surface area contributed by atoms with E-state index >= 15 is 0 Å².